The third-order valence-corrected chi connectivity index (χ3v) is 4.10. The second-order valence-electron chi connectivity index (χ2n) is 5.76. The summed E-state index contributed by atoms with van der Waals surface area (Å²) in [5.74, 6) is 1.19. The number of rotatable bonds is 4. The number of hydrogen-bond acceptors (Lipinski definition) is 2. The minimum Gasteiger partial charge on any atom is -0.383 e. The predicted octanol–water partition coefficient (Wildman–Crippen LogP) is 4.19. The van der Waals surface area contributed by atoms with Crippen molar-refractivity contribution in [2.24, 2.45) is 7.05 Å². The van der Waals surface area contributed by atoms with E-state index in [1.54, 1.807) is 4.68 Å². The Morgan fingerprint density at radius 1 is 1.25 bits per heavy atom. The van der Waals surface area contributed by atoms with Crippen molar-refractivity contribution in [2.45, 2.75) is 46.5 Å². The standard InChI is InChI=1S/C17H25N3/c1-6-7-12(3)16-15(17(18)20(5)19-16)14-9-8-11(2)13(4)10-14/h8-10,12H,6-7,18H2,1-5H3. The normalized spacial score (nSPS) is 12.7. The molecule has 0 radical (unpaired) electrons. The SMILES string of the molecule is CCCC(C)c1nn(C)c(N)c1-c1ccc(C)c(C)c1. The fourth-order valence-corrected chi connectivity index (χ4v) is 2.67. The first-order valence-corrected chi connectivity index (χ1v) is 7.35. The molecule has 20 heavy (non-hydrogen) atoms. The van der Waals surface area contributed by atoms with Crippen LogP contribution in [0.3, 0.4) is 0 Å². The highest BCUT2D eigenvalue weighted by Gasteiger charge is 2.20. The molecule has 3 nitrogen and oxygen atoms in total. The highest BCUT2D eigenvalue weighted by Crippen LogP contribution is 2.35. The summed E-state index contributed by atoms with van der Waals surface area (Å²) in [6, 6.07) is 6.52. The molecular formula is C17H25N3. The molecule has 1 aromatic heterocycles. The number of nitrogen functional groups attached to an aromatic ring is 1. The Balaban J connectivity index is 2.57. The molecule has 1 unspecified atom stereocenters. The van der Waals surface area contributed by atoms with Gasteiger partial charge in [-0.05, 0) is 37.0 Å². The van der Waals surface area contributed by atoms with Crippen LogP contribution in [0.5, 0.6) is 0 Å². The lowest BCUT2D eigenvalue weighted by molar-refractivity contribution is 0.627. The van der Waals surface area contributed by atoms with Gasteiger partial charge in [-0.25, -0.2) is 0 Å². The van der Waals surface area contributed by atoms with Gasteiger partial charge in [-0.15, -0.1) is 0 Å². The summed E-state index contributed by atoms with van der Waals surface area (Å²) < 4.78 is 1.80. The topological polar surface area (TPSA) is 43.8 Å². The van der Waals surface area contributed by atoms with Gasteiger partial charge < -0.3 is 5.73 Å². The summed E-state index contributed by atoms with van der Waals surface area (Å²) in [5, 5.41) is 4.65. The summed E-state index contributed by atoms with van der Waals surface area (Å²) in [6.45, 7) is 8.71. The van der Waals surface area contributed by atoms with E-state index >= 15 is 0 Å². The summed E-state index contributed by atoms with van der Waals surface area (Å²) in [6.07, 6.45) is 2.29. The molecular weight excluding hydrogens is 246 g/mol. The molecule has 2 N–H and O–H groups in total. The Kier molecular flexibility index (Phi) is 4.17. The molecule has 2 rings (SSSR count). The average Bonchev–Trinajstić information content (AvgIpc) is 2.70. The van der Waals surface area contributed by atoms with Gasteiger partial charge in [0.2, 0.25) is 0 Å². The van der Waals surface area contributed by atoms with Crippen LogP contribution in [-0.2, 0) is 7.05 Å². The van der Waals surface area contributed by atoms with Crippen molar-refractivity contribution in [1.29, 1.82) is 0 Å². The van der Waals surface area contributed by atoms with Crippen molar-refractivity contribution < 1.29 is 0 Å². The summed E-state index contributed by atoms with van der Waals surface area (Å²) >= 11 is 0. The molecule has 0 aliphatic heterocycles. The number of nitrogens with zero attached hydrogens (tertiary/aromatic N) is 2. The van der Waals surface area contributed by atoms with Crippen LogP contribution in [0.1, 0.15) is 49.4 Å². The zero-order valence-electron chi connectivity index (χ0n) is 13.2. The maximum Gasteiger partial charge on any atom is 0.129 e. The van der Waals surface area contributed by atoms with E-state index in [4.69, 9.17) is 5.73 Å². The molecule has 2 aromatic rings. The zero-order chi connectivity index (χ0) is 14.9. The van der Waals surface area contributed by atoms with Crippen LogP contribution in [0.15, 0.2) is 18.2 Å². The van der Waals surface area contributed by atoms with E-state index in [0.29, 0.717) is 5.92 Å². The lowest BCUT2D eigenvalue weighted by Crippen LogP contribution is -1.98. The number of anilines is 1. The quantitative estimate of drug-likeness (QED) is 0.906. The zero-order valence-corrected chi connectivity index (χ0v) is 13.2. The van der Waals surface area contributed by atoms with E-state index < -0.39 is 0 Å². The fraction of sp³-hybridized carbons (Fsp3) is 0.471. The Morgan fingerprint density at radius 3 is 2.55 bits per heavy atom. The van der Waals surface area contributed by atoms with E-state index in [-0.39, 0.29) is 0 Å². The van der Waals surface area contributed by atoms with Gasteiger partial charge in [-0.1, -0.05) is 38.5 Å². The summed E-state index contributed by atoms with van der Waals surface area (Å²) in [4.78, 5) is 0. The molecule has 0 aliphatic rings. The van der Waals surface area contributed by atoms with Crippen LogP contribution < -0.4 is 5.73 Å². The van der Waals surface area contributed by atoms with Crippen LogP contribution >= 0.6 is 0 Å². The molecule has 0 fully saturated rings. The van der Waals surface area contributed by atoms with Crippen molar-refractivity contribution in [3.05, 3.63) is 35.0 Å². The predicted molar refractivity (Wildman–Crippen MR) is 85.9 cm³/mol. The van der Waals surface area contributed by atoms with E-state index in [1.165, 1.54) is 16.7 Å². The molecule has 0 spiro atoms. The number of benzene rings is 1. The van der Waals surface area contributed by atoms with Gasteiger partial charge in [0.05, 0.1) is 5.69 Å². The maximum absolute atomic E-state index is 6.26. The smallest absolute Gasteiger partial charge is 0.129 e. The first kappa shape index (κ1) is 14.6. The van der Waals surface area contributed by atoms with Crippen molar-refractivity contribution >= 4 is 5.82 Å². The Labute approximate surface area is 121 Å². The van der Waals surface area contributed by atoms with Gasteiger partial charge in [0.15, 0.2) is 0 Å². The van der Waals surface area contributed by atoms with Crippen LogP contribution in [0.4, 0.5) is 5.82 Å². The highest BCUT2D eigenvalue weighted by molar-refractivity contribution is 5.77. The number of hydrogen-bond donors (Lipinski definition) is 1. The first-order chi connectivity index (χ1) is 9.45. The van der Waals surface area contributed by atoms with Gasteiger partial charge in [0.1, 0.15) is 5.82 Å². The van der Waals surface area contributed by atoms with Crippen molar-refractivity contribution in [3.63, 3.8) is 0 Å². The minimum absolute atomic E-state index is 0.431. The second kappa shape index (κ2) is 5.70. The molecule has 1 aromatic carbocycles. The highest BCUT2D eigenvalue weighted by atomic mass is 15.3. The van der Waals surface area contributed by atoms with E-state index in [9.17, 15) is 0 Å². The van der Waals surface area contributed by atoms with Gasteiger partial charge in [0, 0.05) is 18.5 Å². The fourth-order valence-electron chi connectivity index (χ4n) is 2.67. The van der Waals surface area contributed by atoms with E-state index in [2.05, 4.69) is 51.0 Å². The minimum atomic E-state index is 0.431. The van der Waals surface area contributed by atoms with Gasteiger partial charge in [0.25, 0.3) is 0 Å². The number of nitrogens with two attached hydrogens (primary N) is 1. The largest absolute Gasteiger partial charge is 0.383 e. The molecule has 0 bridgehead atoms. The first-order valence-electron chi connectivity index (χ1n) is 7.35. The molecule has 0 aliphatic carbocycles. The van der Waals surface area contributed by atoms with Gasteiger partial charge in [-0.3, -0.25) is 4.68 Å². The van der Waals surface area contributed by atoms with Crippen molar-refractivity contribution in [3.8, 4) is 11.1 Å². The van der Waals surface area contributed by atoms with E-state index in [0.717, 1.165) is 29.9 Å². The molecule has 0 amide bonds. The second-order valence-corrected chi connectivity index (χ2v) is 5.76. The summed E-state index contributed by atoms with van der Waals surface area (Å²) in [5.41, 5.74) is 12.3. The van der Waals surface area contributed by atoms with Crippen LogP contribution in [0.2, 0.25) is 0 Å². The van der Waals surface area contributed by atoms with E-state index in [1.807, 2.05) is 7.05 Å². The summed E-state index contributed by atoms with van der Waals surface area (Å²) in [7, 11) is 1.92. The van der Waals surface area contributed by atoms with Gasteiger partial charge >= 0.3 is 0 Å². The Bertz CT molecular complexity index is 611. The van der Waals surface area contributed by atoms with Crippen molar-refractivity contribution in [2.75, 3.05) is 5.73 Å². The van der Waals surface area contributed by atoms with Crippen molar-refractivity contribution in [1.82, 2.24) is 9.78 Å². The molecule has 1 atom stereocenters. The number of aryl methyl sites for hydroxylation is 3. The van der Waals surface area contributed by atoms with Gasteiger partial charge in [-0.2, -0.15) is 5.10 Å². The Hall–Kier alpha value is -1.77. The van der Waals surface area contributed by atoms with Crippen LogP contribution in [-0.4, -0.2) is 9.78 Å². The third kappa shape index (κ3) is 2.58. The molecule has 0 saturated carbocycles. The average molecular weight is 271 g/mol. The molecule has 0 saturated heterocycles. The monoisotopic (exact) mass is 271 g/mol. The maximum atomic E-state index is 6.26. The lowest BCUT2D eigenvalue weighted by Gasteiger charge is -2.11. The molecule has 108 valence electrons. The Morgan fingerprint density at radius 2 is 1.95 bits per heavy atom. The third-order valence-electron chi connectivity index (χ3n) is 4.10. The lowest BCUT2D eigenvalue weighted by atomic mass is 9.93. The molecule has 3 heteroatoms. The molecule has 1 heterocycles. The number of aromatic nitrogens is 2. The van der Waals surface area contributed by atoms with Crippen LogP contribution in [0, 0.1) is 13.8 Å². The van der Waals surface area contributed by atoms with Crippen LogP contribution in [0.25, 0.3) is 11.1 Å².